The second-order valence-electron chi connectivity index (χ2n) is 5.09. The van der Waals surface area contributed by atoms with Crippen molar-refractivity contribution in [3.8, 4) is 0 Å². The van der Waals surface area contributed by atoms with Gasteiger partial charge in [0.1, 0.15) is 0 Å². The van der Waals surface area contributed by atoms with Gasteiger partial charge in [-0.15, -0.1) is 11.8 Å². The van der Waals surface area contributed by atoms with Gasteiger partial charge in [0.15, 0.2) is 11.6 Å². The highest BCUT2D eigenvalue weighted by molar-refractivity contribution is 7.99. The highest BCUT2D eigenvalue weighted by Gasteiger charge is 2.12. The lowest BCUT2D eigenvalue weighted by atomic mass is 10.1. The van der Waals surface area contributed by atoms with Crippen molar-refractivity contribution in [2.24, 2.45) is 0 Å². The average molecular weight is 356 g/mol. The molecule has 0 radical (unpaired) electrons. The fourth-order valence-electron chi connectivity index (χ4n) is 2.04. The van der Waals surface area contributed by atoms with Crippen LogP contribution in [-0.2, 0) is 10.5 Å². The Labute approximate surface area is 143 Å². The number of halogens is 3. The van der Waals surface area contributed by atoms with Gasteiger partial charge in [-0.3, -0.25) is 4.79 Å². The molecule has 1 atom stereocenters. The molecule has 1 unspecified atom stereocenters. The Balaban J connectivity index is 1.81. The minimum Gasteiger partial charge on any atom is -0.349 e. The number of thioether (sulfide) groups is 1. The minimum atomic E-state index is -0.918. The SMILES string of the molecule is CC(NC(=O)CSCc1cccc(Cl)c1)c1ccc(F)c(F)c1. The second kappa shape index (κ2) is 8.31. The summed E-state index contributed by atoms with van der Waals surface area (Å²) < 4.78 is 26.1. The van der Waals surface area contributed by atoms with E-state index in [9.17, 15) is 13.6 Å². The van der Waals surface area contributed by atoms with Gasteiger partial charge in [0.2, 0.25) is 5.91 Å². The molecular formula is C17H16ClF2NOS. The van der Waals surface area contributed by atoms with Crippen LogP contribution in [0.3, 0.4) is 0 Å². The van der Waals surface area contributed by atoms with E-state index < -0.39 is 11.6 Å². The molecule has 2 rings (SSSR count). The third-order valence-electron chi connectivity index (χ3n) is 3.21. The molecule has 6 heteroatoms. The first kappa shape index (κ1) is 17.8. The third-order valence-corrected chi connectivity index (χ3v) is 4.45. The zero-order valence-corrected chi connectivity index (χ0v) is 14.1. The van der Waals surface area contributed by atoms with Gasteiger partial charge < -0.3 is 5.32 Å². The molecule has 0 fully saturated rings. The van der Waals surface area contributed by atoms with Crippen LogP contribution >= 0.6 is 23.4 Å². The molecule has 2 nitrogen and oxygen atoms in total. The van der Waals surface area contributed by atoms with Gasteiger partial charge in [-0.2, -0.15) is 0 Å². The van der Waals surface area contributed by atoms with Crippen molar-refractivity contribution in [3.63, 3.8) is 0 Å². The fraction of sp³-hybridized carbons (Fsp3) is 0.235. The van der Waals surface area contributed by atoms with Crippen LogP contribution in [0.4, 0.5) is 8.78 Å². The molecule has 2 aromatic rings. The van der Waals surface area contributed by atoms with E-state index in [1.807, 2.05) is 18.2 Å². The molecule has 0 aromatic heterocycles. The van der Waals surface area contributed by atoms with Gasteiger partial charge in [-0.25, -0.2) is 8.78 Å². The normalized spacial score (nSPS) is 12.0. The zero-order chi connectivity index (χ0) is 16.8. The summed E-state index contributed by atoms with van der Waals surface area (Å²) in [6.45, 7) is 1.73. The highest BCUT2D eigenvalue weighted by Crippen LogP contribution is 2.18. The molecule has 0 bridgehead atoms. The maximum absolute atomic E-state index is 13.2. The van der Waals surface area contributed by atoms with Crippen molar-refractivity contribution in [2.75, 3.05) is 5.75 Å². The van der Waals surface area contributed by atoms with Crippen LogP contribution in [-0.4, -0.2) is 11.7 Å². The lowest BCUT2D eigenvalue weighted by Gasteiger charge is -2.14. The van der Waals surface area contributed by atoms with Gasteiger partial charge in [-0.1, -0.05) is 29.8 Å². The van der Waals surface area contributed by atoms with Crippen LogP contribution in [0.25, 0.3) is 0 Å². The Kier molecular flexibility index (Phi) is 6.42. The largest absolute Gasteiger partial charge is 0.349 e. The zero-order valence-electron chi connectivity index (χ0n) is 12.5. The molecule has 0 aliphatic heterocycles. The monoisotopic (exact) mass is 355 g/mol. The molecular weight excluding hydrogens is 340 g/mol. The minimum absolute atomic E-state index is 0.158. The maximum Gasteiger partial charge on any atom is 0.230 e. The van der Waals surface area contributed by atoms with Crippen LogP contribution in [0.2, 0.25) is 5.02 Å². The average Bonchev–Trinajstić information content (AvgIpc) is 2.50. The molecule has 0 aliphatic carbocycles. The van der Waals surface area contributed by atoms with Crippen molar-refractivity contribution in [1.29, 1.82) is 0 Å². The molecule has 1 amide bonds. The van der Waals surface area contributed by atoms with Gasteiger partial charge in [0.25, 0.3) is 0 Å². The Bertz CT molecular complexity index is 696. The number of hydrogen-bond acceptors (Lipinski definition) is 2. The van der Waals surface area contributed by atoms with E-state index in [4.69, 9.17) is 11.6 Å². The van der Waals surface area contributed by atoms with Crippen molar-refractivity contribution in [2.45, 2.75) is 18.7 Å². The van der Waals surface area contributed by atoms with Crippen LogP contribution < -0.4 is 5.32 Å². The Morgan fingerprint density at radius 1 is 1.22 bits per heavy atom. The Hall–Kier alpha value is -1.59. The summed E-state index contributed by atoms with van der Waals surface area (Å²) in [7, 11) is 0. The summed E-state index contributed by atoms with van der Waals surface area (Å²) >= 11 is 7.36. The maximum atomic E-state index is 13.2. The van der Waals surface area contributed by atoms with Crippen molar-refractivity contribution in [1.82, 2.24) is 5.32 Å². The molecule has 0 heterocycles. The summed E-state index contributed by atoms with van der Waals surface area (Å²) in [5, 5.41) is 3.43. The van der Waals surface area contributed by atoms with Crippen molar-refractivity contribution in [3.05, 3.63) is 70.2 Å². The molecule has 0 saturated carbocycles. The predicted molar refractivity (Wildman–Crippen MR) is 90.5 cm³/mol. The second-order valence-corrected chi connectivity index (χ2v) is 6.51. The molecule has 122 valence electrons. The molecule has 2 aromatic carbocycles. The van der Waals surface area contributed by atoms with E-state index >= 15 is 0 Å². The topological polar surface area (TPSA) is 29.1 Å². The van der Waals surface area contributed by atoms with Crippen LogP contribution in [0.1, 0.15) is 24.1 Å². The summed E-state index contributed by atoms with van der Waals surface area (Å²) in [5.74, 6) is -1.02. The van der Waals surface area contributed by atoms with Crippen molar-refractivity contribution >= 4 is 29.3 Å². The number of carbonyl (C=O) groups excluding carboxylic acids is 1. The number of benzene rings is 2. The van der Waals surface area contributed by atoms with E-state index in [0.717, 1.165) is 17.7 Å². The summed E-state index contributed by atoms with van der Waals surface area (Å²) in [4.78, 5) is 11.9. The Morgan fingerprint density at radius 3 is 2.70 bits per heavy atom. The van der Waals surface area contributed by atoms with E-state index in [2.05, 4.69) is 5.32 Å². The first-order chi connectivity index (χ1) is 11.0. The third kappa shape index (κ3) is 5.52. The van der Waals surface area contributed by atoms with Gasteiger partial charge >= 0.3 is 0 Å². The fourth-order valence-corrected chi connectivity index (χ4v) is 3.04. The lowest BCUT2D eigenvalue weighted by molar-refractivity contribution is -0.119. The molecule has 0 saturated heterocycles. The first-order valence-corrected chi connectivity index (χ1v) is 8.55. The highest BCUT2D eigenvalue weighted by atomic mass is 35.5. The van der Waals surface area contributed by atoms with Gasteiger partial charge in [-0.05, 0) is 42.3 Å². The molecule has 1 N–H and O–H groups in total. The van der Waals surface area contributed by atoms with Crippen LogP contribution in [0.5, 0.6) is 0 Å². The van der Waals surface area contributed by atoms with E-state index in [-0.39, 0.29) is 17.7 Å². The molecule has 23 heavy (non-hydrogen) atoms. The number of nitrogens with one attached hydrogen (secondary N) is 1. The van der Waals surface area contributed by atoms with Crippen LogP contribution in [0, 0.1) is 11.6 Å². The lowest BCUT2D eigenvalue weighted by Crippen LogP contribution is -2.28. The van der Waals surface area contributed by atoms with E-state index in [0.29, 0.717) is 16.3 Å². The Morgan fingerprint density at radius 2 is 2.00 bits per heavy atom. The van der Waals surface area contributed by atoms with Gasteiger partial charge in [0.05, 0.1) is 11.8 Å². The quantitative estimate of drug-likeness (QED) is 0.811. The number of hydrogen-bond donors (Lipinski definition) is 1. The predicted octanol–water partition coefficient (Wildman–Crippen LogP) is 4.73. The molecule has 0 aliphatic rings. The summed E-state index contributed by atoms with van der Waals surface area (Å²) in [6.07, 6.45) is 0. The summed E-state index contributed by atoms with van der Waals surface area (Å²) in [6, 6.07) is 10.7. The molecule has 0 spiro atoms. The smallest absolute Gasteiger partial charge is 0.230 e. The van der Waals surface area contributed by atoms with E-state index in [1.54, 1.807) is 13.0 Å². The van der Waals surface area contributed by atoms with Crippen LogP contribution in [0.15, 0.2) is 42.5 Å². The number of amides is 1. The standard InChI is InChI=1S/C17H16ClF2NOS/c1-11(13-5-6-15(19)16(20)8-13)21-17(22)10-23-9-12-3-2-4-14(18)7-12/h2-8,11H,9-10H2,1H3,(H,21,22). The number of carbonyl (C=O) groups is 1. The van der Waals surface area contributed by atoms with E-state index in [1.165, 1.54) is 17.8 Å². The first-order valence-electron chi connectivity index (χ1n) is 7.02. The van der Waals surface area contributed by atoms with Crippen molar-refractivity contribution < 1.29 is 13.6 Å². The number of rotatable bonds is 6. The summed E-state index contributed by atoms with van der Waals surface area (Å²) in [5.41, 5.74) is 1.57. The van der Waals surface area contributed by atoms with Gasteiger partial charge in [0, 0.05) is 10.8 Å².